The van der Waals surface area contributed by atoms with E-state index < -0.39 is 39.7 Å². The molecule has 0 aromatic rings. The maximum absolute atomic E-state index is 13.1. The maximum atomic E-state index is 13.1. The van der Waals surface area contributed by atoms with Gasteiger partial charge < -0.3 is 10.1 Å². The summed E-state index contributed by atoms with van der Waals surface area (Å²) in [6, 6.07) is -2.27. The van der Waals surface area contributed by atoms with Crippen molar-refractivity contribution in [2.24, 2.45) is 11.8 Å². The second-order valence-corrected chi connectivity index (χ2v) is 11.3. The molecule has 10 nitrogen and oxygen atoms in total. The third-order valence-electron chi connectivity index (χ3n) is 6.50. The number of carbonyl (C=O) groups is 3. The number of amides is 2. The lowest BCUT2D eigenvalue weighted by atomic mass is 9.84. The Bertz CT molecular complexity index is 763. The van der Waals surface area contributed by atoms with Crippen molar-refractivity contribution < 1.29 is 32.4 Å². The largest absolute Gasteiger partial charge is 0.379 e. The molecule has 3 N–H and O–H groups in total. The zero-order valence-corrected chi connectivity index (χ0v) is 21.3. The van der Waals surface area contributed by atoms with Crippen molar-refractivity contribution in [1.82, 2.24) is 15.5 Å². The molecule has 11 heteroatoms. The molecule has 196 valence electrons. The van der Waals surface area contributed by atoms with E-state index >= 15 is 0 Å². The van der Waals surface area contributed by atoms with Crippen LogP contribution in [0.15, 0.2) is 0 Å². The van der Waals surface area contributed by atoms with Crippen LogP contribution in [0.4, 0.5) is 0 Å². The van der Waals surface area contributed by atoms with Gasteiger partial charge in [0.05, 0.1) is 25.5 Å². The van der Waals surface area contributed by atoms with Gasteiger partial charge in [-0.1, -0.05) is 51.4 Å². The van der Waals surface area contributed by atoms with Crippen LogP contribution in [0, 0.1) is 11.8 Å². The molecule has 2 fully saturated rings. The number of rotatable bonds is 14. The third kappa shape index (κ3) is 10.8. The van der Waals surface area contributed by atoms with Crippen molar-refractivity contribution in [3.63, 3.8) is 0 Å². The molecule has 2 saturated carbocycles. The summed E-state index contributed by atoms with van der Waals surface area (Å²) >= 11 is 0. The highest BCUT2D eigenvalue weighted by Crippen LogP contribution is 2.27. The van der Waals surface area contributed by atoms with Gasteiger partial charge >= 0.3 is 5.91 Å². The highest BCUT2D eigenvalue weighted by Gasteiger charge is 2.33. The molecule has 0 radical (unpaired) electrons. The van der Waals surface area contributed by atoms with Crippen LogP contribution in [0.3, 0.4) is 0 Å². The molecule has 0 spiro atoms. The predicted molar refractivity (Wildman–Crippen MR) is 127 cm³/mol. The quantitative estimate of drug-likeness (QED) is 0.242. The monoisotopic (exact) mass is 503 g/mol. The molecule has 2 rings (SSSR count). The van der Waals surface area contributed by atoms with Crippen LogP contribution in [0.5, 0.6) is 0 Å². The van der Waals surface area contributed by atoms with Crippen LogP contribution in [0.1, 0.15) is 77.6 Å². The van der Waals surface area contributed by atoms with Crippen molar-refractivity contribution in [3.05, 3.63) is 0 Å². The van der Waals surface area contributed by atoms with Gasteiger partial charge in [0.2, 0.25) is 21.7 Å². The molecular weight excluding hydrogens is 462 g/mol. The highest BCUT2D eigenvalue weighted by atomic mass is 32.2. The van der Waals surface area contributed by atoms with Crippen LogP contribution in [0.2, 0.25) is 0 Å². The second kappa shape index (κ2) is 14.8. The normalized spacial score (nSPS) is 19.8. The fourth-order valence-corrected chi connectivity index (χ4v) is 5.43. The Labute approximate surface area is 203 Å². The average Bonchev–Trinajstić information content (AvgIpc) is 2.81. The van der Waals surface area contributed by atoms with Crippen LogP contribution in [0.25, 0.3) is 0 Å². The van der Waals surface area contributed by atoms with E-state index in [-0.39, 0.29) is 19.1 Å². The first-order valence-electron chi connectivity index (χ1n) is 12.5. The number of Topliss-reactive ketones (excluding diaryl/α,β-unsaturated/α-hetero) is 1. The zero-order chi connectivity index (χ0) is 25.0. The first-order valence-corrected chi connectivity index (χ1v) is 14.4. The lowest BCUT2D eigenvalue weighted by Gasteiger charge is -2.28. The summed E-state index contributed by atoms with van der Waals surface area (Å²) < 4.78 is 31.8. The maximum Gasteiger partial charge on any atom is 0.313 e. The van der Waals surface area contributed by atoms with Gasteiger partial charge in [0.25, 0.3) is 0 Å². The molecule has 2 atom stereocenters. The molecule has 2 aliphatic carbocycles. The SMILES string of the molecule is CCONC(=O)C(=O)[C@H](CC1CCCCC1)NC(=O)[C@@H](COCC1CCCCC1)NS(C)(=O)=O. The number of hydroxylamine groups is 1. The Morgan fingerprint density at radius 2 is 1.50 bits per heavy atom. The van der Waals surface area contributed by atoms with Gasteiger partial charge in [-0.2, -0.15) is 0 Å². The standard InChI is InChI=1S/C23H41N3O7S/c1-3-33-25-23(29)21(27)19(14-17-10-6-4-7-11-17)24-22(28)20(26-34(2,30)31)16-32-15-18-12-8-5-9-13-18/h17-20,26H,3-16H2,1-2H3,(H,24,28)(H,25,29)/t19-,20+/m0/s1. The van der Waals surface area contributed by atoms with E-state index in [1.165, 1.54) is 6.42 Å². The van der Waals surface area contributed by atoms with Gasteiger partial charge in [-0.05, 0) is 38.0 Å². The fourth-order valence-electron chi connectivity index (χ4n) is 4.73. The van der Waals surface area contributed by atoms with E-state index in [1.807, 2.05) is 0 Å². The molecule has 0 aliphatic heterocycles. The summed E-state index contributed by atoms with van der Waals surface area (Å²) in [5.41, 5.74) is 2.09. The van der Waals surface area contributed by atoms with E-state index in [1.54, 1.807) is 6.92 Å². The van der Waals surface area contributed by atoms with E-state index in [0.717, 1.165) is 64.0 Å². The number of ether oxygens (including phenoxy) is 1. The molecule has 0 aromatic heterocycles. The van der Waals surface area contributed by atoms with E-state index in [2.05, 4.69) is 15.5 Å². The van der Waals surface area contributed by atoms with Crippen LogP contribution < -0.4 is 15.5 Å². The van der Waals surface area contributed by atoms with Crippen LogP contribution >= 0.6 is 0 Å². The Morgan fingerprint density at radius 1 is 0.912 bits per heavy atom. The molecule has 0 bridgehead atoms. The summed E-state index contributed by atoms with van der Waals surface area (Å²) in [5, 5.41) is 2.62. The summed E-state index contributed by atoms with van der Waals surface area (Å²) in [7, 11) is -3.71. The Kier molecular flexibility index (Phi) is 12.4. The minimum absolute atomic E-state index is 0.148. The second-order valence-electron chi connectivity index (χ2n) is 9.51. The van der Waals surface area contributed by atoms with Crippen molar-refractivity contribution >= 4 is 27.6 Å². The first kappa shape index (κ1) is 28.7. The first-order chi connectivity index (χ1) is 16.2. The molecule has 2 amide bonds. The molecular formula is C23H41N3O7S. The summed E-state index contributed by atoms with van der Waals surface area (Å²) in [6.45, 7) is 2.17. The third-order valence-corrected chi connectivity index (χ3v) is 7.21. The van der Waals surface area contributed by atoms with Gasteiger partial charge in [-0.15, -0.1) is 0 Å². The topological polar surface area (TPSA) is 140 Å². The summed E-state index contributed by atoms with van der Waals surface area (Å²) in [6.07, 6.45) is 12.0. The minimum atomic E-state index is -3.71. The van der Waals surface area contributed by atoms with E-state index in [0.29, 0.717) is 18.9 Å². The van der Waals surface area contributed by atoms with E-state index in [4.69, 9.17) is 9.57 Å². The van der Waals surface area contributed by atoms with Crippen LogP contribution in [-0.2, 0) is 34.0 Å². The van der Waals surface area contributed by atoms with Gasteiger partial charge in [0.15, 0.2) is 0 Å². The number of carbonyl (C=O) groups excluding carboxylic acids is 3. The van der Waals surface area contributed by atoms with Gasteiger partial charge in [0, 0.05) is 6.61 Å². The molecule has 2 aliphatic rings. The average molecular weight is 504 g/mol. The fraction of sp³-hybridized carbons (Fsp3) is 0.870. The van der Waals surface area contributed by atoms with Gasteiger partial charge in [0.1, 0.15) is 6.04 Å². The van der Waals surface area contributed by atoms with Crippen molar-refractivity contribution in [1.29, 1.82) is 0 Å². The summed E-state index contributed by atoms with van der Waals surface area (Å²) in [5.74, 6) is -1.84. The van der Waals surface area contributed by atoms with Crippen molar-refractivity contribution in [3.8, 4) is 0 Å². The summed E-state index contributed by atoms with van der Waals surface area (Å²) in [4.78, 5) is 43.0. The molecule has 0 saturated heterocycles. The minimum Gasteiger partial charge on any atom is -0.379 e. The van der Waals surface area contributed by atoms with Crippen molar-refractivity contribution in [2.45, 2.75) is 89.6 Å². The molecule has 0 unspecified atom stereocenters. The Balaban J connectivity index is 2.05. The van der Waals surface area contributed by atoms with E-state index in [9.17, 15) is 22.8 Å². The lowest BCUT2D eigenvalue weighted by molar-refractivity contribution is -0.147. The predicted octanol–water partition coefficient (Wildman–Crippen LogP) is 1.59. The van der Waals surface area contributed by atoms with Crippen molar-refractivity contribution in [2.75, 3.05) is 26.1 Å². The number of sulfonamides is 1. The number of nitrogens with one attached hydrogen (secondary N) is 3. The zero-order valence-electron chi connectivity index (χ0n) is 20.5. The number of hydrogen-bond donors (Lipinski definition) is 3. The molecule has 34 heavy (non-hydrogen) atoms. The van der Waals surface area contributed by atoms with Crippen LogP contribution in [-0.4, -0.2) is 64.2 Å². The number of hydrogen-bond acceptors (Lipinski definition) is 7. The smallest absolute Gasteiger partial charge is 0.313 e. The van der Waals surface area contributed by atoms with Gasteiger partial charge in [-0.25, -0.2) is 18.6 Å². The Morgan fingerprint density at radius 3 is 2.06 bits per heavy atom. The van der Waals surface area contributed by atoms with Gasteiger partial charge in [-0.3, -0.25) is 19.2 Å². The Hall–Kier alpha value is -1.56. The number of ketones is 1. The lowest BCUT2D eigenvalue weighted by Crippen LogP contribution is -2.55. The molecule has 0 aromatic carbocycles. The highest BCUT2D eigenvalue weighted by molar-refractivity contribution is 7.88. The molecule has 0 heterocycles.